The van der Waals surface area contributed by atoms with Gasteiger partial charge in [-0.3, -0.25) is 0 Å². The summed E-state index contributed by atoms with van der Waals surface area (Å²) < 4.78 is 0. The first kappa shape index (κ1) is 19.7. The SMILES string of the molecule is c1ccc2c(c1)-c1ccccc1C21c2ccccc2-c2cccc(Nc3ccc4ccccc4c3)c21. The molecule has 0 aromatic heterocycles. The van der Waals surface area contributed by atoms with E-state index in [1.165, 1.54) is 55.3 Å². The van der Waals surface area contributed by atoms with Gasteiger partial charge in [0.25, 0.3) is 0 Å². The van der Waals surface area contributed by atoms with Crippen molar-refractivity contribution >= 4 is 22.1 Å². The van der Waals surface area contributed by atoms with Crippen LogP contribution < -0.4 is 5.32 Å². The van der Waals surface area contributed by atoms with Crippen molar-refractivity contribution < 1.29 is 0 Å². The van der Waals surface area contributed by atoms with Crippen LogP contribution in [0, 0.1) is 0 Å². The van der Waals surface area contributed by atoms with Crippen LogP contribution >= 0.6 is 0 Å². The fraction of sp³-hybridized carbons (Fsp3) is 0.0286. The Balaban J connectivity index is 1.44. The number of hydrogen-bond donors (Lipinski definition) is 1. The summed E-state index contributed by atoms with van der Waals surface area (Å²) in [6.07, 6.45) is 0. The first-order chi connectivity index (χ1) is 17.9. The molecule has 168 valence electrons. The molecule has 0 fully saturated rings. The number of benzene rings is 6. The Hall–Kier alpha value is -4.62. The number of hydrogen-bond acceptors (Lipinski definition) is 1. The second-order valence-electron chi connectivity index (χ2n) is 9.80. The zero-order valence-electron chi connectivity index (χ0n) is 19.7. The van der Waals surface area contributed by atoms with Gasteiger partial charge in [0.2, 0.25) is 0 Å². The molecule has 6 aromatic rings. The number of nitrogens with one attached hydrogen (secondary N) is 1. The molecule has 1 heteroatoms. The van der Waals surface area contributed by atoms with Crippen molar-refractivity contribution in [2.45, 2.75) is 5.41 Å². The molecule has 0 bridgehead atoms. The molecule has 1 nitrogen and oxygen atoms in total. The van der Waals surface area contributed by atoms with Crippen LogP contribution in [0.25, 0.3) is 33.0 Å². The average molecular weight is 458 g/mol. The van der Waals surface area contributed by atoms with Crippen LogP contribution in [-0.4, -0.2) is 0 Å². The number of fused-ring (bicyclic) bond motifs is 11. The van der Waals surface area contributed by atoms with E-state index in [9.17, 15) is 0 Å². The van der Waals surface area contributed by atoms with Gasteiger partial charge in [0.05, 0.1) is 5.41 Å². The quantitative estimate of drug-likeness (QED) is 0.273. The van der Waals surface area contributed by atoms with Gasteiger partial charge in [0.1, 0.15) is 0 Å². The Morgan fingerprint density at radius 3 is 1.61 bits per heavy atom. The van der Waals surface area contributed by atoms with Crippen LogP contribution in [0.3, 0.4) is 0 Å². The third-order valence-corrected chi connectivity index (χ3v) is 8.04. The van der Waals surface area contributed by atoms with E-state index < -0.39 is 0 Å². The molecule has 8 rings (SSSR count). The van der Waals surface area contributed by atoms with Gasteiger partial charge < -0.3 is 5.32 Å². The lowest BCUT2D eigenvalue weighted by atomic mass is 9.70. The summed E-state index contributed by atoms with van der Waals surface area (Å²) in [4.78, 5) is 0. The first-order valence-corrected chi connectivity index (χ1v) is 12.5. The summed E-state index contributed by atoms with van der Waals surface area (Å²) in [5.41, 5.74) is 12.6. The van der Waals surface area contributed by atoms with Gasteiger partial charge in [0, 0.05) is 16.9 Å². The maximum atomic E-state index is 3.84. The lowest BCUT2D eigenvalue weighted by Gasteiger charge is -2.32. The highest BCUT2D eigenvalue weighted by molar-refractivity contribution is 5.98. The van der Waals surface area contributed by atoms with Gasteiger partial charge in [0.15, 0.2) is 0 Å². The molecule has 1 spiro atoms. The summed E-state index contributed by atoms with van der Waals surface area (Å²) in [6.45, 7) is 0. The molecule has 6 aromatic carbocycles. The van der Waals surface area contributed by atoms with Crippen molar-refractivity contribution in [1.29, 1.82) is 0 Å². The van der Waals surface area contributed by atoms with Gasteiger partial charge in [-0.2, -0.15) is 0 Å². The monoisotopic (exact) mass is 457 g/mol. The van der Waals surface area contributed by atoms with Crippen molar-refractivity contribution in [3.8, 4) is 22.3 Å². The molecule has 2 aliphatic rings. The molecule has 0 saturated heterocycles. The largest absolute Gasteiger partial charge is 0.355 e. The smallest absolute Gasteiger partial charge is 0.0745 e. The molecule has 0 aliphatic heterocycles. The van der Waals surface area contributed by atoms with Crippen molar-refractivity contribution in [1.82, 2.24) is 0 Å². The van der Waals surface area contributed by atoms with Crippen molar-refractivity contribution in [2.24, 2.45) is 0 Å². The second-order valence-corrected chi connectivity index (χ2v) is 9.80. The highest BCUT2D eigenvalue weighted by atomic mass is 14.9. The third kappa shape index (κ3) is 2.44. The van der Waals surface area contributed by atoms with Gasteiger partial charge in [-0.25, -0.2) is 0 Å². The minimum absolute atomic E-state index is 0.348. The van der Waals surface area contributed by atoms with Crippen LogP contribution in [0.1, 0.15) is 22.3 Å². The van der Waals surface area contributed by atoms with E-state index in [0.717, 1.165) is 11.4 Å². The van der Waals surface area contributed by atoms with E-state index >= 15 is 0 Å². The van der Waals surface area contributed by atoms with Gasteiger partial charge >= 0.3 is 0 Å². The predicted octanol–water partition coefficient (Wildman–Crippen LogP) is 8.93. The van der Waals surface area contributed by atoms with E-state index in [0.29, 0.717) is 0 Å². The van der Waals surface area contributed by atoms with E-state index in [4.69, 9.17) is 0 Å². The molecule has 0 atom stereocenters. The standard InChI is InChI=1S/C35H23N/c1-2-11-24-22-25(21-20-23(24)10-1)36-33-19-9-15-29-28-14-5-8-18-32(28)35(34(29)33)30-16-6-3-12-26(30)27-13-4-7-17-31(27)35/h1-22,36H. The Bertz CT molecular complexity index is 1760. The maximum absolute atomic E-state index is 3.84. The van der Waals surface area contributed by atoms with E-state index in [1.807, 2.05) is 0 Å². The normalized spacial score (nSPS) is 13.8. The Morgan fingerprint density at radius 1 is 0.417 bits per heavy atom. The molecule has 0 saturated carbocycles. The van der Waals surface area contributed by atoms with Crippen LogP contribution in [0.2, 0.25) is 0 Å². The Morgan fingerprint density at radius 2 is 0.944 bits per heavy atom. The van der Waals surface area contributed by atoms with Crippen LogP contribution in [0.5, 0.6) is 0 Å². The minimum Gasteiger partial charge on any atom is -0.355 e. The first-order valence-electron chi connectivity index (χ1n) is 12.5. The minimum atomic E-state index is -0.348. The summed E-state index contributed by atoms with van der Waals surface area (Å²) in [6, 6.07) is 48.8. The van der Waals surface area contributed by atoms with Crippen LogP contribution in [-0.2, 0) is 5.41 Å². The number of anilines is 2. The Labute approximate surface area is 210 Å². The number of rotatable bonds is 2. The third-order valence-electron chi connectivity index (χ3n) is 8.04. The second kappa shape index (κ2) is 7.19. The van der Waals surface area contributed by atoms with Crippen molar-refractivity contribution in [3.05, 3.63) is 156 Å². The summed E-state index contributed by atoms with van der Waals surface area (Å²) in [7, 11) is 0. The van der Waals surface area contributed by atoms with Crippen molar-refractivity contribution in [3.63, 3.8) is 0 Å². The zero-order valence-corrected chi connectivity index (χ0v) is 19.7. The fourth-order valence-electron chi connectivity index (χ4n) is 6.68. The predicted molar refractivity (Wildman–Crippen MR) is 150 cm³/mol. The summed E-state index contributed by atoms with van der Waals surface area (Å²) in [5.74, 6) is 0. The maximum Gasteiger partial charge on any atom is 0.0745 e. The average Bonchev–Trinajstić information content (AvgIpc) is 3.41. The fourth-order valence-corrected chi connectivity index (χ4v) is 6.68. The molecular weight excluding hydrogens is 434 g/mol. The molecule has 0 heterocycles. The molecule has 0 amide bonds. The highest BCUT2D eigenvalue weighted by Gasteiger charge is 2.52. The topological polar surface area (TPSA) is 12.0 Å². The van der Waals surface area contributed by atoms with E-state index in [1.54, 1.807) is 0 Å². The van der Waals surface area contributed by atoms with Crippen LogP contribution in [0.4, 0.5) is 11.4 Å². The molecule has 0 unspecified atom stereocenters. The zero-order chi connectivity index (χ0) is 23.7. The Kier molecular flexibility index (Phi) is 3.93. The summed E-state index contributed by atoms with van der Waals surface area (Å²) >= 11 is 0. The van der Waals surface area contributed by atoms with Crippen LogP contribution in [0.15, 0.2) is 133 Å². The molecule has 2 aliphatic carbocycles. The van der Waals surface area contributed by atoms with Gasteiger partial charge in [-0.05, 0) is 67.9 Å². The van der Waals surface area contributed by atoms with Gasteiger partial charge in [-0.1, -0.05) is 115 Å². The van der Waals surface area contributed by atoms with Crippen molar-refractivity contribution in [2.75, 3.05) is 5.32 Å². The van der Waals surface area contributed by atoms with E-state index in [2.05, 4.69) is 139 Å². The lowest BCUT2D eigenvalue weighted by molar-refractivity contribution is 0.796. The van der Waals surface area contributed by atoms with E-state index in [-0.39, 0.29) is 5.41 Å². The van der Waals surface area contributed by atoms with Gasteiger partial charge in [-0.15, -0.1) is 0 Å². The molecule has 1 N–H and O–H groups in total. The summed E-state index contributed by atoms with van der Waals surface area (Å²) in [5, 5.41) is 6.34. The molecule has 0 radical (unpaired) electrons. The molecular formula is C35H23N. The molecule has 36 heavy (non-hydrogen) atoms. The highest BCUT2D eigenvalue weighted by Crippen LogP contribution is 2.64. The lowest BCUT2D eigenvalue weighted by Crippen LogP contribution is -2.26.